The standard InChI is InChI=1S/C8H16N2/c1-3-7(9)10-8(4-2)5-6-8/h3-6H2,1-2H3,(H2,9,10). The van der Waals surface area contributed by atoms with Crippen LogP contribution in [-0.2, 0) is 0 Å². The topological polar surface area (TPSA) is 38.4 Å². The van der Waals surface area contributed by atoms with Crippen LogP contribution in [0.5, 0.6) is 0 Å². The molecule has 58 valence electrons. The molecular formula is C8H16N2. The summed E-state index contributed by atoms with van der Waals surface area (Å²) in [5.74, 6) is 0.819. The Bertz CT molecular complexity index is 145. The number of rotatable bonds is 3. The van der Waals surface area contributed by atoms with Gasteiger partial charge in [0.1, 0.15) is 0 Å². The summed E-state index contributed by atoms with van der Waals surface area (Å²) in [7, 11) is 0. The molecule has 2 heteroatoms. The van der Waals surface area contributed by atoms with Crippen LogP contribution >= 0.6 is 0 Å². The molecule has 0 aromatic rings. The van der Waals surface area contributed by atoms with Gasteiger partial charge in [0.2, 0.25) is 0 Å². The van der Waals surface area contributed by atoms with E-state index in [1.54, 1.807) is 0 Å². The lowest BCUT2D eigenvalue weighted by molar-refractivity contribution is 0.650. The van der Waals surface area contributed by atoms with Gasteiger partial charge in [-0.05, 0) is 19.3 Å². The summed E-state index contributed by atoms with van der Waals surface area (Å²) in [6.07, 6.45) is 4.52. The van der Waals surface area contributed by atoms with Crippen LogP contribution in [0.3, 0.4) is 0 Å². The van der Waals surface area contributed by atoms with Crippen LogP contribution in [-0.4, -0.2) is 11.4 Å². The zero-order valence-electron chi connectivity index (χ0n) is 6.85. The maximum Gasteiger partial charge on any atom is 0.0941 e. The largest absolute Gasteiger partial charge is 0.387 e. The van der Waals surface area contributed by atoms with Crippen molar-refractivity contribution < 1.29 is 0 Å². The highest BCUT2D eigenvalue weighted by molar-refractivity contribution is 5.80. The maximum atomic E-state index is 5.62. The van der Waals surface area contributed by atoms with Gasteiger partial charge in [0.25, 0.3) is 0 Å². The predicted molar refractivity (Wildman–Crippen MR) is 44.2 cm³/mol. The van der Waals surface area contributed by atoms with Gasteiger partial charge in [-0.1, -0.05) is 13.8 Å². The third kappa shape index (κ3) is 1.49. The minimum atomic E-state index is 0.278. The van der Waals surface area contributed by atoms with E-state index in [0.717, 1.165) is 18.7 Å². The molecule has 0 unspecified atom stereocenters. The van der Waals surface area contributed by atoms with Gasteiger partial charge in [-0.2, -0.15) is 0 Å². The van der Waals surface area contributed by atoms with E-state index in [1.165, 1.54) is 12.8 Å². The molecule has 0 aromatic heterocycles. The molecule has 2 nitrogen and oxygen atoms in total. The summed E-state index contributed by atoms with van der Waals surface area (Å²) in [5, 5.41) is 0. The van der Waals surface area contributed by atoms with E-state index < -0.39 is 0 Å². The predicted octanol–water partition coefficient (Wildman–Crippen LogP) is 1.70. The first-order valence-corrected chi connectivity index (χ1v) is 4.06. The average molecular weight is 140 g/mol. The summed E-state index contributed by atoms with van der Waals surface area (Å²) < 4.78 is 0. The van der Waals surface area contributed by atoms with E-state index in [2.05, 4.69) is 11.9 Å². The summed E-state index contributed by atoms with van der Waals surface area (Å²) in [6, 6.07) is 0. The quantitative estimate of drug-likeness (QED) is 0.470. The van der Waals surface area contributed by atoms with Gasteiger partial charge < -0.3 is 5.73 Å². The van der Waals surface area contributed by atoms with Crippen molar-refractivity contribution in [1.29, 1.82) is 0 Å². The van der Waals surface area contributed by atoms with Crippen molar-refractivity contribution in [3.05, 3.63) is 0 Å². The Labute approximate surface area is 62.5 Å². The number of nitrogens with two attached hydrogens (primary N) is 1. The van der Waals surface area contributed by atoms with E-state index in [4.69, 9.17) is 5.73 Å². The lowest BCUT2D eigenvalue weighted by Gasteiger charge is -2.06. The number of hydrogen-bond acceptors (Lipinski definition) is 1. The fourth-order valence-electron chi connectivity index (χ4n) is 1.07. The highest BCUT2D eigenvalue weighted by atomic mass is 15.0. The monoisotopic (exact) mass is 140 g/mol. The summed E-state index contributed by atoms with van der Waals surface area (Å²) in [6.45, 7) is 4.23. The molecule has 1 fully saturated rings. The highest BCUT2D eigenvalue weighted by Crippen LogP contribution is 2.42. The Hall–Kier alpha value is -0.530. The molecule has 1 aliphatic rings. The lowest BCUT2D eigenvalue weighted by Crippen LogP contribution is -2.15. The SMILES string of the molecule is CCC(N)=NC1(CC)CC1. The number of aliphatic imine (C=N–C) groups is 1. The van der Waals surface area contributed by atoms with Crippen molar-refractivity contribution in [3.8, 4) is 0 Å². The first-order valence-electron chi connectivity index (χ1n) is 4.06. The fraction of sp³-hybridized carbons (Fsp3) is 0.875. The third-order valence-electron chi connectivity index (χ3n) is 2.23. The van der Waals surface area contributed by atoms with E-state index in [9.17, 15) is 0 Å². The summed E-state index contributed by atoms with van der Waals surface area (Å²) >= 11 is 0. The first-order chi connectivity index (χ1) is 4.72. The molecule has 0 amide bonds. The van der Waals surface area contributed by atoms with Gasteiger partial charge in [0.05, 0.1) is 11.4 Å². The van der Waals surface area contributed by atoms with Crippen LogP contribution in [0, 0.1) is 0 Å². The van der Waals surface area contributed by atoms with Gasteiger partial charge >= 0.3 is 0 Å². The number of amidine groups is 1. The van der Waals surface area contributed by atoms with Crippen molar-refractivity contribution in [1.82, 2.24) is 0 Å². The Balaban J connectivity index is 2.50. The molecule has 0 heterocycles. The van der Waals surface area contributed by atoms with Crippen LogP contribution in [0.15, 0.2) is 4.99 Å². The molecule has 0 aromatic carbocycles. The van der Waals surface area contributed by atoms with Crippen molar-refractivity contribution >= 4 is 5.84 Å². The first kappa shape index (κ1) is 7.58. The highest BCUT2D eigenvalue weighted by Gasteiger charge is 2.40. The van der Waals surface area contributed by atoms with Crippen LogP contribution in [0.2, 0.25) is 0 Å². The van der Waals surface area contributed by atoms with Gasteiger partial charge in [0, 0.05) is 6.42 Å². The van der Waals surface area contributed by atoms with Crippen molar-refractivity contribution in [3.63, 3.8) is 0 Å². The summed E-state index contributed by atoms with van der Waals surface area (Å²) in [4.78, 5) is 4.45. The third-order valence-corrected chi connectivity index (χ3v) is 2.23. The molecule has 0 atom stereocenters. The smallest absolute Gasteiger partial charge is 0.0941 e. The van der Waals surface area contributed by atoms with E-state index in [1.807, 2.05) is 6.92 Å². The second-order valence-electron chi connectivity index (χ2n) is 3.03. The second kappa shape index (κ2) is 2.60. The molecule has 0 radical (unpaired) electrons. The van der Waals surface area contributed by atoms with Crippen molar-refractivity contribution in [2.75, 3.05) is 0 Å². The van der Waals surface area contributed by atoms with Gasteiger partial charge in [0.15, 0.2) is 0 Å². The van der Waals surface area contributed by atoms with Crippen LogP contribution in [0.4, 0.5) is 0 Å². The summed E-state index contributed by atoms with van der Waals surface area (Å²) in [5.41, 5.74) is 5.90. The van der Waals surface area contributed by atoms with E-state index >= 15 is 0 Å². The molecular weight excluding hydrogens is 124 g/mol. The molecule has 1 aliphatic carbocycles. The number of nitrogens with zero attached hydrogens (tertiary/aromatic N) is 1. The minimum Gasteiger partial charge on any atom is -0.387 e. The molecule has 0 saturated heterocycles. The van der Waals surface area contributed by atoms with Gasteiger partial charge in [-0.25, -0.2) is 0 Å². The minimum absolute atomic E-state index is 0.278. The Morgan fingerprint density at radius 3 is 2.40 bits per heavy atom. The molecule has 1 rings (SSSR count). The zero-order valence-corrected chi connectivity index (χ0v) is 6.85. The second-order valence-corrected chi connectivity index (χ2v) is 3.03. The zero-order chi connectivity index (χ0) is 7.61. The fourth-order valence-corrected chi connectivity index (χ4v) is 1.07. The van der Waals surface area contributed by atoms with Crippen molar-refractivity contribution in [2.45, 2.75) is 45.1 Å². The molecule has 0 aliphatic heterocycles. The molecule has 0 spiro atoms. The van der Waals surface area contributed by atoms with Crippen molar-refractivity contribution in [2.24, 2.45) is 10.7 Å². The lowest BCUT2D eigenvalue weighted by atomic mass is 10.2. The Morgan fingerprint density at radius 1 is 1.50 bits per heavy atom. The molecule has 10 heavy (non-hydrogen) atoms. The van der Waals surface area contributed by atoms with E-state index in [-0.39, 0.29) is 5.54 Å². The maximum absolute atomic E-state index is 5.62. The van der Waals surface area contributed by atoms with Crippen LogP contribution < -0.4 is 5.73 Å². The average Bonchev–Trinajstić information content (AvgIpc) is 2.70. The number of hydrogen-bond donors (Lipinski definition) is 1. The van der Waals surface area contributed by atoms with Gasteiger partial charge in [-0.3, -0.25) is 4.99 Å². The molecule has 1 saturated carbocycles. The van der Waals surface area contributed by atoms with E-state index in [0.29, 0.717) is 0 Å². The van der Waals surface area contributed by atoms with Gasteiger partial charge in [-0.15, -0.1) is 0 Å². The molecule has 0 bridgehead atoms. The van der Waals surface area contributed by atoms with Crippen LogP contribution in [0.25, 0.3) is 0 Å². The Kier molecular flexibility index (Phi) is 1.97. The normalized spacial score (nSPS) is 22.8. The molecule has 2 N–H and O–H groups in total. The van der Waals surface area contributed by atoms with Crippen LogP contribution in [0.1, 0.15) is 39.5 Å². The Morgan fingerprint density at radius 2 is 2.10 bits per heavy atom.